The summed E-state index contributed by atoms with van der Waals surface area (Å²) in [5, 5.41) is 12.6. The number of anilines is 1. The molecule has 0 aromatic heterocycles. The Morgan fingerprint density at radius 2 is 2.00 bits per heavy atom. The Kier molecular flexibility index (Phi) is 6.93. The van der Waals surface area contributed by atoms with Gasteiger partial charge in [0.1, 0.15) is 5.75 Å². The molecule has 32 heavy (non-hydrogen) atoms. The van der Waals surface area contributed by atoms with Crippen LogP contribution in [0.15, 0.2) is 18.2 Å². The van der Waals surface area contributed by atoms with Gasteiger partial charge in [-0.2, -0.15) is 0 Å². The maximum atomic E-state index is 13.6. The number of nitrogens with one attached hydrogen (secondary N) is 1. The molecule has 3 fully saturated rings. The van der Waals surface area contributed by atoms with E-state index in [1.165, 1.54) is 0 Å². The summed E-state index contributed by atoms with van der Waals surface area (Å²) in [6.07, 6.45) is 6.54. The molecule has 0 radical (unpaired) electrons. The Morgan fingerprint density at radius 1 is 1.22 bits per heavy atom. The number of ether oxygens (including phenoxy) is 1. The second-order valence-corrected chi connectivity index (χ2v) is 9.78. The number of amides is 2. The average Bonchev–Trinajstić information content (AvgIpc) is 3.08. The fourth-order valence-electron chi connectivity index (χ4n) is 5.70. The van der Waals surface area contributed by atoms with Gasteiger partial charge in [0, 0.05) is 37.9 Å². The Labute approximate surface area is 191 Å². The van der Waals surface area contributed by atoms with Crippen LogP contribution in [0.4, 0.5) is 10.5 Å². The predicted molar refractivity (Wildman–Crippen MR) is 124 cm³/mol. The highest BCUT2D eigenvalue weighted by Crippen LogP contribution is 2.44. The van der Waals surface area contributed by atoms with Crippen LogP contribution in [0.1, 0.15) is 63.9 Å². The van der Waals surface area contributed by atoms with E-state index < -0.39 is 6.09 Å². The number of carbonyl (C=O) groups is 2. The van der Waals surface area contributed by atoms with Gasteiger partial charge in [0.25, 0.3) is 0 Å². The molecule has 0 bridgehead atoms. The maximum absolute atomic E-state index is 13.6. The summed E-state index contributed by atoms with van der Waals surface area (Å²) in [4.78, 5) is 29.9. The number of hydrogen-bond acceptors (Lipinski definition) is 5. The van der Waals surface area contributed by atoms with Crippen molar-refractivity contribution in [3.63, 3.8) is 0 Å². The summed E-state index contributed by atoms with van der Waals surface area (Å²) in [6, 6.07) is 6.04. The first-order valence-electron chi connectivity index (χ1n) is 12.2. The SMILES string of the molecule is CCCNC(=O)Oc1ccc(N2CCCC3(CCN(C4CCC(O)CC4)C3=O)C2)c(C)c1. The van der Waals surface area contributed by atoms with Crippen molar-refractivity contribution < 1.29 is 19.4 Å². The lowest BCUT2D eigenvalue weighted by molar-refractivity contribution is -0.139. The molecule has 1 saturated carbocycles. The number of hydrogen-bond donors (Lipinski definition) is 2. The van der Waals surface area contributed by atoms with Gasteiger partial charge in [0.15, 0.2) is 0 Å². The van der Waals surface area contributed by atoms with Gasteiger partial charge in [-0.25, -0.2) is 4.79 Å². The van der Waals surface area contributed by atoms with Crippen molar-refractivity contribution in [3.8, 4) is 5.75 Å². The highest BCUT2D eigenvalue weighted by Gasteiger charge is 2.50. The van der Waals surface area contributed by atoms with Crippen molar-refractivity contribution in [1.82, 2.24) is 10.2 Å². The predicted octanol–water partition coefficient (Wildman–Crippen LogP) is 3.62. The summed E-state index contributed by atoms with van der Waals surface area (Å²) >= 11 is 0. The largest absolute Gasteiger partial charge is 0.412 e. The van der Waals surface area contributed by atoms with Crippen molar-refractivity contribution in [2.45, 2.75) is 77.4 Å². The minimum atomic E-state index is -0.428. The second kappa shape index (κ2) is 9.69. The molecular weight excluding hydrogens is 406 g/mol. The fourth-order valence-corrected chi connectivity index (χ4v) is 5.70. The summed E-state index contributed by atoms with van der Waals surface area (Å²) in [7, 11) is 0. The molecule has 2 N–H and O–H groups in total. The number of rotatable bonds is 5. The van der Waals surface area contributed by atoms with Crippen LogP contribution in [-0.2, 0) is 4.79 Å². The third-order valence-electron chi connectivity index (χ3n) is 7.47. The van der Waals surface area contributed by atoms with Crippen molar-refractivity contribution in [3.05, 3.63) is 23.8 Å². The molecule has 3 aliphatic rings. The molecule has 2 amide bonds. The standard InChI is InChI=1S/C25H37N3O4/c1-3-13-26-24(31)32-21-9-10-22(18(2)16-21)27-14-4-11-25(17-27)12-15-28(23(25)30)19-5-7-20(29)8-6-19/h9-10,16,19-20,29H,3-8,11-15,17H2,1-2H3,(H,26,31). The van der Waals surface area contributed by atoms with E-state index in [9.17, 15) is 14.7 Å². The lowest BCUT2D eigenvalue weighted by Crippen LogP contribution is -2.50. The van der Waals surface area contributed by atoms with E-state index in [1.54, 1.807) is 0 Å². The number of nitrogens with zero attached hydrogens (tertiary/aromatic N) is 2. The molecule has 2 saturated heterocycles. The maximum Gasteiger partial charge on any atom is 0.412 e. The van der Waals surface area contributed by atoms with Crippen LogP contribution in [0.25, 0.3) is 0 Å². The van der Waals surface area contributed by atoms with Crippen LogP contribution in [0.5, 0.6) is 5.75 Å². The number of aliphatic hydroxyl groups is 1. The monoisotopic (exact) mass is 443 g/mol. The molecule has 1 aliphatic carbocycles. The summed E-state index contributed by atoms with van der Waals surface area (Å²) < 4.78 is 5.39. The molecule has 1 aromatic carbocycles. The van der Waals surface area contributed by atoms with E-state index in [-0.39, 0.29) is 17.6 Å². The first-order valence-corrected chi connectivity index (χ1v) is 12.2. The summed E-state index contributed by atoms with van der Waals surface area (Å²) in [5.74, 6) is 0.850. The summed E-state index contributed by atoms with van der Waals surface area (Å²) in [6.45, 7) is 7.14. The van der Waals surface area contributed by atoms with E-state index >= 15 is 0 Å². The van der Waals surface area contributed by atoms with Gasteiger partial charge >= 0.3 is 6.09 Å². The minimum absolute atomic E-state index is 0.198. The molecule has 2 aliphatic heterocycles. The van der Waals surface area contributed by atoms with Crippen LogP contribution in [0, 0.1) is 12.3 Å². The van der Waals surface area contributed by atoms with Crippen LogP contribution in [0.2, 0.25) is 0 Å². The van der Waals surface area contributed by atoms with Gasteiger partial charge in [0.2, 0.25) is 5.91 Å². The van der Waals surface area contributed by atoms with Crippen molar-refractivity contribution in [1.29, 1.82) is 0 Å². The van der Waals surface area contributed by atoms with Gasteiger partial charge < -0.3 is 25.0 Å². The molecule has 1 unspecified atom stereocenters. The number of piperidine rings is 1. The van der Waals surface area contributed by atoms with E-state index in [0.29, 0.717) is 18.2 Å². The molecular formula is C25H37N3O4. The van der Waals surface area contributed by atoms with E-state index in [1.807, 2.05) is 32.0 Å². The normalized spacial score (nSPS) is 28.3. The number of likely N-dealkylation sites (tertiary alicyclic amines) is 1. The zero-order valence-corrected chi connectivity index (χ0v) is 19.4. The Hall–Kier alpha value is -2.28. The lowest BCUT2D eigenvalue weighted by atomic mass is 9.78. The van der Waals surface area contributed by atoms with Gasteiger partial charge in [-0.05, 0) is 82.1 Å². The zero-order valence-electron chi connectivity index (χ0n) is 19.4. The first kappa shape index (κ1) is 22.9. The summed E-state index contributed by atoms with van der Waals surface area (Å²) in [5.41, 5.74) is 1.86. The Morgan fingerprint density at radius 3 is 2.72 bits per heavy atom. The van der Waals surface area contributed by atoms with E-state index in [4.69, 9.17) is 4.74 Å². The zero-order chi connectivity index (χ0) is 22.7. The fraction of sp³-hybridized carbons (Fsp3) is 0.680. The Bertz CT molecular complexity index is 836. The van der Waals surface area contributed by atoms with Crippen LogP contribution in [-0.4, -0.2) is 60.3 Å². The molecule has 4 rings (SSSR count). The van der Waals surface area contributed by atoms with Crippen molar-refractivity contribution in [2.75, 3.05) is 31.1 Å². The van der Waals surface area contributed by atoms with Gasteiger partial charge in [-0.1, -0.05) is 6.92 Å². The minimum Gasteiger partial charge on any atom is -0.410 e. The highest BCUT2D eigenvalue weighted by atomic mass is 16.6. The van der Waals surface area contributed by atoms with Crippen LogP contribution >= 0.6 is 0 Å². The van der Waals surface area contributed by atoms with Crippen LogP contribution < -0.4 is 15.0 Å². The van der Waals surface area contributed by atoms with Crippen LogP contribution in [0.3, 0.4) is 0 Å². The smallest absolute Gasteiger partial charge is 0.410 e. The molecule has 1 atom stereocenters. The topological polar surface area (TPSA) is 82.1 Å². The van der Waals surface area contributed by atoms with Crippen molar-refractivity contribution >= 4 is 17.7 Å². The van der Waals surface area contributed by atoms with E-state index in [2.05, 4.69) is 15.1 Å². The Balaban J connectivity index is 1.42. The first-order chi connectivity index (χ1) is 15.4. The lowest BCUT2D eigenvalue weighted by Gasteiger charge is -2.42. The highest BCUT2D eigenvalue weighted by molar-refractivity contribution is 5.86. The average molecular weight is 444 g/mol. The second-order valence-electron chi connectivity index (χ2n) is 9.78. The molecule has 7 nitrogen and oxygen atoms in total. The number of benzene rings is 1. The third kappa shape index (κ3) is 4.72. The number of aliphatic hydroxyl groups excluding tert-OH is 1. The molecule has 1 aromatic rings. The van der Waals surface area contributed by atoms with Crippen molar-refractivity contribution in [2.24, 2.45) is 5.41 Å². The molecule has 7 heteroatoms. The molecule has 176 valence electrons. The molecule has 2 heterocycles. The number of carbonyl (C=O) groups excluding carboxylic acids is 2. The quantitative estimate of drug-likeness (QED) is 0.726. The van der Waals surface area contributed by atoms with Gasteiger partial charge in [0.05, 0.1) is 11.5 Å². The molecule has 1 spiro atoms. The van der Waals surface area contributed by atoms with E-state index in [0.717, 1.165) is 82.3 Å². The third-order valence-corrected chi connectivity index (χ3v) is 7.47. The van der Waals surface area contributed by atoms with Gasteiger partial charge in [-0.3, -0.25) is 4.79 Å². The number of aryl methyl sites for hydroxylation is 1. The van der Waals surface area contributed by atoms with Gasteiger partial charge in [-0.15, -0.1) is 0 Å².